The number of nitrogens with zero attached hydrogens (tertiary/aromatic N) is 1. The van der Waals surface area contributed by atoms with E-state index >= 15 is 0 Å². The normalized spacial score (nSPS) is 9.81. The molecule has 0 spiro atoms. The molecule has 0 aliphatic rings. The summed E-state index contributed by atoms with van der Waals surface area (Å²) in [5.74, 6) is 0.831. The van der Waals surface area contributed by atoms with Crippen molar-refractivity contribution < 1.29 is 14.3 Å². The molecule has 2 aromatic rings. The zero-order chi connectivity index (χ0) is 11.2. The molecule has 0 aliphatic heterocycles. The van der Waals surface area contributed by atoms with E-state index in [4.69, 9.17) is 9.57 Å². The van der Waals surface area contributed by atoms with Gasteiger partial charge >= 0.3 is 0 Å². The molecule has 0 saturated heterocycles. The smallest absolute Gasteiger partial charge is 0.226 e. The summed E-state index contributed by atoms with van der Waals surface area (Å²) < 4.78 is 7.23. The fraction of sp³-hybridized carbons (Fsp3) is 0.154. The molecule has 1 aromatic heterocycles. The van der Waals surface area contributed by atoms with Gasteiger partial charge in [-0.2, -0.15) is 0 Å². The second kappa shape index (κ2) is 5.16. The monoisotopic (exact) mass is 216 g/mol. The van der Waals surface area contributed by atoms with Crippen LogP contribution in [0.25, 0.3) is 0 Å². The van der Waals surface area contributed by atoms with Gasteiger partial charge in [-0.3, -0.25) is 4.84 Å². The first-order valence-electron chi connectivity index (χ1n) is 5.11. The topological polar surface area (TPSA) is 22.3 Å². The third-order valence-electron chi connectivity index (χ3n) is 2.23. The van der Waals surface area contributed by atoms with Gasteiger partial charge in [-0.1, -0.05) is 30.3 Å². The molecule has 1 aromatic carbocycles. The average Bonchev–Trinajstić information content (AvgIpc) is 2.38. The summed E-state index contributed by atoms with van der Waals surface area (Å²) in [5, 5.41) is 0. The lowest BCUT2D eigenvalue weighted by molar-refractivity contribution is -0.885. The van der Waals surface area contributed by atoms with Crippen LogP contribution in [0.15, 0.2) is 54.9 Å². The molecule has 0 radical (unpaired) electrons. The number of hydrogen-bond acceptors (Lipinski definition) is 2. The van der Waals surface area contributed by atoms with Crippen molar-refractivity contribution in [3.8, 4) is 5.75 Å². The van der Waals surface area contributed by atoms with Gasteiger partial charge < -0.3 is 4.74 Å². The summed E-state index contributed by atoms with van der Waals surface area (Å²) in [7, 11) is 1.62. The average molecular weight is 216 g/mol. The lowest BCUT2D eigenvalue weighted by Crippen LogP contribution is -2.39. The second-order valence-corrected chi connectivity index (χ2v) is 3.35. The van der Waals surface area contributed by atoms with E-state index in [9.17, 15) is 0 Å². The highest BCUT2D eigenvalue weighted by Crippen LogP contribution is 2.09. The molecular weight excluding hydrogens is 202 g/mol. The maximum Gasteiger partial charge on any atom is 0.226 e. The molecule has 0 unspecified atom stereocenters. The van der Waals surface area contributed by atoms with Crippen molar-refractivity contribution in [2.75, 3.05) is 7.11 Å². The number of rotatable bonds is 4. The Labute approximate surface area is 94.8 Å². The molecule has 16 heavy (non-hydrogen) atoms. The van der Waals surface area contributed by atoms with E-state index in [0.29, 0.717) is 6.61 Å². The Morgan fingerprint density at radius 1 is 1.00 bits per heavy atom. The molecule has 3 heteroatoms. The summed E-state index contributed by atoms with van der Waals surface area (Å²) in [6.45, 7) is 0.581. The van der Waals surface area contributed by atoms with Gasteiger partial charge in [-0.25, -0.2) is 0 Å². The molecule has 0 saturated carbocycles. The van der Waals surface area contributed by atoms with E-state index in [-0.39, 0.29) is 0 Å². The molecule has 3 nitrogen and oxygen atoms in total. The van der Waals surface area contributed by atoms with Crippen molar-refractivity contribution in [1.82, 2.24) is 0 Å². The quantitative estimate of drug-likeness (QED) is 0.724. The van der Waals surface area contributed by atoms with E-state index in [1.165, 1.54) is 0 Å². The van der Waals surface area contributed by atoms with Crippen molar-refractivity contribution in [3.05, 3.63) is 60.4 Å². The standard InChI is InChI=1S/C13H14NO2/c1-15-14-9-7-13(8-10-14)16-11-12-5-3-2-4-6-12/h2-10H,11H2,1H3/q+1. The van der Waals surface area contributed by atoms with Crippen LogP contribution in [0.4, 0.5) is 0 Å². The summed E-state index contributed by atoms with van der Waals surface area (Å²) in [6, 6.07) is 13.8. The Bertz CT molecular complexity index is 425. The van der Waals surface area contributed by atoms with Crippen molar-refractivity contribution >= 4 is 0 Å². The Hall–Kier alpha value is -2.03. The van der Waals surface area contributed by atoms with Crippen molar-refractivity contribution in [1.29, 1.82) is 0 Å². The molecule has 1 heterocycles. The Kier molecular flexibility index (Phi) is 3.38. The minimum absolute atomic E-state index is 0.581. The van der Waals surface area contributed by atoms with Crippen LogP contribution in [0.3, 0.4) is 0 Å². The van der Waals surface area contributed by atoms with E-state index in [1.807, 2.05) is 42.5 Å². The highest BCUT2D eigenvalue weighted by Gasteiger charge is 2.00. The molecule has 0 N–H and O–H groups in total. The highest BCUT2D eigenvalue weighted by atomic mass is 16.6. The minimum Gasteiger partial charge on any atom is -0.488 e. The fourth-order valence-electron chi connectivity index (χ4n) is 1.36. The number of aromatic nitrogens is 1. The van der Waals surface area contributed by atoms with Crippen LogP contribution in [0.2, 0.25) is 0 Å². The number of benzene rings is 1. The van der Waals surface area contributed by atoms with Crippen molar-refractivity contribution in [3.63, 3.8) is 0 Å². The van der Waals surface area contributed by atoms with Gasteiger partial charge in [0.25, 0.3) is 0 Å². The van der Waals surface area contributed by atoms with E-state index in [0.717, 1.165) is 11.3 Å². The number of hydrogen-bond donors (Lipinski definition) is 0. The molecular formula is C13H14NO2+. The first kappa shape index (κ1) is 10.5. The minimum atomic E-state index is 0.581. The predicted molar refractivity (Wildman–Crippen MR) is 59.9 cm³/mol. The molecule has 0 bridgehead atoms. The van der Waals surface area contributed by atoms with E-state index in [2.05, 4.69) is 0 Å². The van der Waals surface area contributed by atoms with Gasteiger partial charge in [0.05, 0.1) is 0 Å². The van der Waals surface area contributed by atoms with E-state index in [1.54, 1.807) is 24.2 Å². The van der Waals surface area contributed by atoms with Gasteiger partial charge in [0, 0.05) is 16.9 Å². The zero-order valence-corrected chi connectivity index (χ0v) is 9.17. The summed E-state index contributed by atoms with van der Waals surface area (Å²) in [5.41, 5.74) is 1.16. The van der Waals surface area contributed by atoms with E-state index < -0.39 is 0 Å². The van der Waals surface area contributed by atoms with Crippen LogP contribution in [-0.4, -0.2) is 7.11 Å². The molecule has 0 amide bonds. The maximum atomic E-state index is 5.62. The Balaban J connectivity index is 1.94. The van der Waals surface area contributed by atoms with Crippen LogP contribution in [0.1, 0.15) is 5.56 Å². The number of pyridine rings is 1. The lowest BCUT2D eigenvalue weighted by Gasteiger charge is -2.04. The number of ether oxygens (including phenoxy) is 1. The summed E-state index contributed by atoms with van der Waals surface area (Å²) in [6.07, 6.45) is 3.61. The summed E-state index contributed by atoms with van der Waals surface area (Å²) >= 11 is 0. The zero-order valence-electron chi connectivity index (χ0n) is 9.17. The Morgan fingerprint density at radius 2 is 1.69 bits per heavy atom. The molecule has 82 valence electrons. The van der Waals surface area contributed by atoms with Crippen molar-refractivity contribution in [2.45, 2.75) is 6.61 Å². The van der Waals surface area contributed by atoms with Crippen LogP contribution in [0.5, 0.6) is 5.75 Å². The SMILES string of the molecule is CO[n+]1ccc(OCc2ccccc2)cc1. The van der Waals surface area contributed by atoms with Crippen LogP contribution < -0.4 is 14.3 Å². The molecule has 0 atom stereocenters. The molecule has 0 fully saturated rings. The summed E-state index contributed by atoms with van der Waals surface area (Å²) in [4.78, 5) is 4.99. The third kappa shape index (κ3) is 2.73. The van der Waals surface area contributed by atoms with Crippen LogP contribution in [0, 0.1) is 0 Å². The van der Waals surface area contributed by atoms with Gasteiger partial charge in [0.2, 0.25) is 12.4 Å². The van der Waals surface area contributed by atoms with Crippen molar-refractivity contribution in [2.24, 2.45) is 0 Å². The third-order valence-corrected chi connectivity index (χ3v) is 2.23. The van der Waals surface area contributed by atoms with Gasteiger partial charge in [-0.05, 0) is 5.56 Å². The lowest BCUT2D eigenvalue weighted by atomic mass is 10.2. The largest absolute Gasteiger partial charge is 0.488 e. The highest BCUT2D eigenvalue weighted by molar-refractivity contribution is 5.18. The molecule has 2 rings (SSSR count). The van der Waals surface area contributed by atoms with Gasteiger partial charge in [0.1, 0.15) is 19.5 Å². The maximum absolute atomic E-state index is 5.62. The first-order chi connectivity index (χ1) is 7.88. The predicted octanol–water partition coefficient (Wildman–Crippen LogP) is 1.61. The van der Waals surface area contributed by atoms with Crippen LogP contribution >= 0.6 is 0 Å². The Morgan fingerprint density at radius 3 is 2.31 bits per heavy atom. The molecule has 0 aliphatic carbocycles. The van der Waals surface area contributed by atoms with Gasteiger partial charge in [0.15, 0.2) is 0 Å². The van der Waals surface area contributed by atoms with Crippen LogP contribution in [-0.2, 0) is 6.61 Å². The fourth-order valence-corrected chi connectivity index (χ4v) is 1.36. The first-order valence-corrected chi connectivity index (χ1v) is 5.11. The second-order valence-electron chi connectivity index (χ2n) is 3.35. The van der Waals surface area contributed by atoms with Gasteiger partial charge in [-0.15, -0.1) is 0 Å².